The Kier molecular flexibility index (Phi) is 8.07. The molecular formula is C29H44N2O4. The second-order valence-corrected chi connectivity index (χ2v) is 11.7. The highest BCUT2D eigenvalue weighted by Crippen LogP contribution is 2.43. The van der Waals surface area contributed by atoms with E-state index in [2.05, 4.69) is 6.92 Å². The van der Waals surface area contributed by atoms with Gasteiger partial charge in [0, 0.05) is 42.7 Å². The summed E-state index contributed by atoms with van der Waals surface area (Å²) in [4.78, 5) is 40.8. The van der Waals surface area contributed by atoms with E-state index >= 15 is 0 Å². The predicted molar refractivity (Wildman–Crippen MR) is 136 cm³/mol. The van der Waals surface area contributed by atoms with Crippen LogP contribution in [-0.2, 0) is 40.0 Å². The summed E-state index contributed by atoms with van der Waals surface area (Å²) in [6, 6.07) is 0. The molecule has 0 N–H and O–H groups in total. The number of piperidine rings is 1. The number of likely N-dealkylation sites (tertiary alicyclic amines) is 1. The Hall–Kier alpha value is -2.11. The lowest BCUT2D eigenvalue weighted by atomic mass is 9.73. The molecule has 0 spiro atoms. The van der Waals surface area contributed by atoms with Gasteiger partial charge in [0.2, 0.25) is 11.8 Å². The van der Waals surface area contributed by atoms with Crippen LogP contribution in [-0.4, -0.2) is 47.4 Å². The van der Waals surface area contributed by atoms with Crippen molar-refractivity contribution < 1.29 is 19.1 Å². The summed E-state index contributed by atoms with van der Waals surface area (Å²) in [5.41, 5.74) is 4.33. The second-order valence-electron chi connectivity index (χ2n) is 11.7. The molecular weight excluding hydrogens is 440 g/mol. The van der Waals surface area contributed by atoms with Crippen LogP contribution >= 0.6 is 0 Å². The lowest BCUT2D eigenvalue weighted by Crippen LogP contribution is -2.47. The fourth-order valence-corrected chi connectivity index (χ4v) is 6.37. The van der Waals surface area contributed by atoms with Crippen molar-refractivity contribution in [3.63, 3.8) is 0 Å². The normalized spacial score (nSPS) is 21.5. The van der Waals surface area contributed by atoms with Crippen molar-refractivity contribution in [2.45, 2.75) is 104 Å². The molecule has 1 aliphatic heterocycles. The molecule has 1 aromatic rings. The number of nitrogens with zero attached hydrogens (tertiary/aromatic N) is 2. The van der Waals surface area contributed by atoms with Gasteiger partial charge in [-0.3, -0.25) is 19.0 Å². The molecule has 2 aliphatic carbocycles. The number of ether oxygens (including phenoxy) is 1. The summed E-state index contributed by atoms with van der Waals surface area (Å²) < 4.78 is 7.54. The van der Waals surface area contributed by atoms with E-state index < -0.39 is 5.41 Å². The van der Waals surface area contributed by atoms with Crippen molar-refractivity contribution in [3.8, 4) is 0 Å². The first-order valence-electron chi connectivity index (χ1n) is 13.9. The van der Waals surface area contributed by atoms with Crippen LogP contribution < -0.4 is 0 Å². The first-order valence-corrected chi connectivity index (χ1v) is 13.9. The molecule has 1 aromatic heterocycles. The first kappa shape index (κ1) is 26.0. The highest BCUT2D eigenvalue weighted by molar-refractivity contribution is 5.87. The molecule has 1 fully saturated rings. The molecule has 1 saturated heterocycles. The fourth-order valence-electron chi connectivity index (χ4n) is 6.37. The fraction of sp³-hybridized carbons (Fsp3) is 0.759. The number of aromatic nitrogens is 1. The van der Waals surface area contributed by atoms with Crippen molar-refractivity contribution >= 4 is 17.8 Å². The van der Waals surface area contributed by atoms with E-state index in [0.29, 0.717) is 18.8 Å². The largest absolute Gasteiger partial charge is 0.466 e. The van der Waals surface area contributed by atoms with Crippen LogP contribution in [0.3, 0.4) is 0 Å². The molecule has 1 amide bonds. The zero-order chi connectivity index (χ0) is 25.2. The molecule has 0 unspecified atom stereocenters. The van der Waals surface area contributed by atoms with Crippen LogP contribution in [0.2, 0.25) is 0 Å². The zero-order valence-electron chi connectivity index (χ0n) is 22.3. The zero-order valence-corrected chi connectivity index (χ0v) is 22.3. The molecule has 35 heavy (non-hydrogen) atoms. The summed E-state index contributed by atoms with van der Waals surface area (Å²) in [5, 5.41) is 0. The monoisotopic (exact) mass is 484 g/mol. The summed E-state index contributed by atoms with van der Waals surface area (Å²) >= 11 is 0. The molecule has 4 rings (SSSR count). The minimum Gasteiger partial charge on any atom is -0.466 e. The van der Waals surface area contributed by atoms with Gasteiger partial charge in [-0.05, 0) is 68.4 Å². The Morgan fingerprint density at radius 1 is 1.03 bits per heavy atom. The molecule has 0 aromatic carbocycles. The highest BCUT2D eigenvalue weighted by atomic mass is 16.5. The summed E-state index contributed by atoms with van der Waals surface area (Å²) in [5.74, 6) is 0.623. The molecule has 3 aliphatic rings. The van der Waals surface area contributed by atoms with Gasteiger partial charge in [0.05, 0.1) is 6.61 Å². The number of unbranched alkanes of at least 4 members (excludes halogenated alkanes) is 4. The second kappa shape index (κ2) is 10.9. The Bertz CT molecular complexity index is 960. The SMILES string of the molecule is CCCCCCCC(=O)OCCC(C)(C)C(=O)n1c2c(c3c1C[C@@H]1CCN(C)C(=O)[C@H]1C3)CCC2. The maximum atomic E-state index is 13.9. The Morgan fingerprint density at radius 3 is 2.57 bits per heavy atom. The number of carbonyl (C=O) groups is 3. The highest BCUT2D eigenvalue weighted by Gasteiger charge is 2.44. The van der Waals surface area contributed by atoms with Crippen LogP contribution in [0.1, 0.15) is 106 Å². The number of fused-ring (bicyclic) bond motifs is 4. The lowest BCUT2D eigenvalue weighted by Gasteiger charge is -2.39. The molecule has 0 radical (unpaired) electrons. The predicted octanol–water partition coefficient (Wildman–Crippen LogP) is 5.13. The summed E-state index contributed by atoms with van der Waals surface area (Å²) in [7, 11) is 1.91. The van der Waals surface area contributed by atoms with Gasteiger partial charge in [-0.2, -0.15) is 0 Å². The number of esters is 1. The maximum absolute atomic E-state index is 13.9. The van der Waals surface area contributed by atoms with Crippen LogP contribution in [0, 0.1) is 17.3 Å². The van der Waals surface area contributed by atoms with E-state index in [1.54, 1.807) is 0 Å². The van der Waals surface area contributed by atoms with Crippen molar-refractivity contribution in [1.82, 2.24) is 9.47 Å². The molecule has 0 bridgehead atoms. The third kappa shape index (κ3) is 5.36. The number of rotatable bonds is 10. The minimum absolute atomic E-state index is 0.0614. The van der Waals surface area contributed by atoms with Gasteiger partial charge in [-0.15, -0.1) is 0 Å². The van der Waals surface area contributed by atoms with Crippen LogP contribution in [0.15, 0.2) is 0 Å². The van der Waals surface area contributed by atoms with Crippen molar-refractivity contribution in [2.24, 2.45) is 17.3 Å². The Labute approximate surface area is 210 Å². The van der Waals surface area contributed by atoms with Crippen molar-refractivity contribution in [1.29, 1.82) is 0 Å². The molecule has 6 nitrogen and oxygen atoms in total. The van der Waals surface area contributed by atoms with Gasteiger partial charge in [-0.1, -0.05) is 46.5 Å². The van der Waals surface area contributed by atoms with E-state index in [1.165, 1.54) is 36.1 Å². The van der Waals surface area contributed by atoms with Crippen LogP contribution in [0.25, 0.3) is 0 Å². The standard InChI is InChI=1S/C29H44N2O4/c1-5-6-7-8-9-13-26(32)35-17-15-29(2,3)28(34)31-24-12-10-11-21(24)23-19-22-20(18-25(23)31)14-16-30(4)27(22)33/h20,22H,5-19H2,1-4H3/t20-,22-/m0/s1. The number of hydrogen-bond acceptors (Lipinski definition) is 4. The van der Waals surface area contributed by atoms with E-state index in [4.69, 9.17) is 4.74 Å². The smallest absolute Gasteiger partial charge is 0.305 e. The molecule has 6 heteroatoms. The van der Waals surface area contributed by atoms with Crippen molar-refractivity contribution in [3.05, 3.63) is 22.5 Å². The number of carbonyl (C=O) groups excluding carboxylic acids is 3. The minimum atomic E-state index is -0.621. The molecule has 194 valence electrons. The van der Waals surface area contributed by atoms with Gasteiger partial charge in [0.25, 0.3) is 0 Å². The van der Waals surface area contributed by atoms with Gasteiger partial charge < -0.3 is 9.64 Å². The lowest BCUT2D eigenvalue weighted by molar-refractivity contribution is -0.144. The number of hydrogen-bond donors (Lipinski definition) is 0. The van der Waals surface area contributed by atoms with Gasteiger partial charge in [0.1, 0.15) is 0 Å². The molecule has 0 saturated carbocycles. The molecule has 2 heterocycles. The first-order chi connectivity index (χ1) is 16.7. The average Bonchev–Trinajstić information content (AvgIpc) is 3.40. The van der Waals surface area contributed by atoms with Gasteiger partial charge >= 0.3 is 5.97 Å². The summed E-state index contributed by atoms with van der Waals surface area (Å²) in [6.07, 6.45) is 12.1. The number of amides is 1. The summed E-state index contributed by atoms with van der Waals surface area (Å²) in [6.45, 7) is 7.23. The Morgan fingerprint density at radius 2 is 1.80 bits per heavy atom. The average molecular weight is 485 g/mol. The van der Waals surface area contributed by atoms with Crippen LogP contribution in [0.5, 0.6) is 0 Å². The van der Waals surface area contributed by atoms with Crippen molar-refractivity contribution in [2.75, 3.05) is 20.2 Å². The van der Waals surface area contributed by atoms with E-state index in [1.807, 2.05) is 30.4 Å². The Balaban J connectivity index is 1.42. The maximum Gasteiger partial charge on any atom is 0.305 e. The quantitative estimate of drug-likeness (QED) is 0.341. The van der Waals surface area contributed by atoms with E-state index in [-0.39, 0.29) is 30.3 Å². The topological polar surface area (TPSA) is 68.6 Å². The third-order valence-electron chi connectivity index (χ3n) is 8.68. The van der Waals surface area contributed by atoms with E-state index in [0.717, 1.165) is 63.6 Å². The third-order valence-corrected chi connectivity index (χ3v) is 8.68. The van der Waals surface area contributed by atoms with E-state index in [9.17, 15) is 14.4 Å². The van der Waals surface area contributed by atoms with Gasteiger partial charge in [-0.25, -0.2) is 0 Å². The van der Waals surface area contributed by atoms with Crippen LogP contribution in [0.4, 0.5) is 0 Å². The molecule has 2 atom stereocenters. The van der Waals surface area contributed by atoms with Gasteiger partial charge in [0.15, 0.2) is 0 Å².